The van der Waals surface area contributed by atoms with Crippen LogP contribution in [0.15, 0.2) is 29.2 Å². The molecule has 0 radical (unpaired) electrons. The molecule has 2 rings (SSSR count). The van der Waals surface area contributed by atoms with Crippen molar-refractivity contribution in [2.24, 2.45) is 5.92 Å². The predicted molar refractivity (Wildman–Crippen MR) is 91.2 cm³/mol. The monoisotopic (exact) mass is 369 g/mol. The van der Waals surface area contributed by atoms with E-state index in [0.29, 0.717) is 18.4 Å². The van der Waals surface area contributed by atoms with Crippen LogP contribution in [-0.4, -0.2) is 62.4 Å². The molecule has 1 aliphatic rings. The van der Waals surface area contributed by atoms with Gasteiger partial charge in [-0.05, 0) is 44.0 Å². The predicted octanol–water partition coefficient (Wildman–Crippen LogP) is 1.43. The molecular formula is C17H23NO6S. The van der Waals surface area contributed by atoms with E-state index in [2.05, 4.69) is 0 Å². The summed E-state index contributed by atoms with van der Waals surface area (Å²) in [7, 11) is -2.02. The molecule has 0 bridgehead atoms. The Balaban J connectivity index is 2.15. The molecule has 25 heavy (non-hydrogen) atoms. The average molecular weight is 369 g/mol. The maximum atomic E-state index is 12.7. The number of carboxylic acid groups (broad SMARTS) is 1. The summed E-state index contributed by atoms with van der Waals surface area (Å²) in [6.07, 6.45) is 1.18. The first-order chi connectivity index (χ1) is 11.8. The Morgan fingerprint density at radius 1 is 1.24 bits per heavy atom. The molecule has 1 aromatic carbocycles. The summed E-state index contributed by atoms with van der Waals surface area (Å²) < 4.78 is 29.0. The van der Waals surface area contributed by atoms with Crippen molar-refractivity contribution in [3.8, 4) is 0 Å². The van der Waals surface area contributed by atoms with Crippen LogP contribution < -0.4 is 0 Å². The Kier molecular flexibility index (Phi) is 6.18. The van der Waals surface area contributed by atoms with Gasteiger partial charge in [-0.15, -0.1) is 0 Å². The van der Waals surface area contributed by atoms with Gasteiger partial charge in [-0.3, -0.25) is 9.59 Å². The third-order valence-electron chi connectivity index (χ3n) is 4.51. The number of piperidine rings is 1. The van der Waals surface area contributed by atoms with Crippen molar-refractivity contribution in [1.82, 2.24) is 4.90 Å². The highest BCUT2D eigenvalue weighted by atomic mass is 32.2. The summed E-state index contributed by atoms with van der Waals surface area (Å²) in [5, 5.41) is 9.18. The third kappa shape index (κ3) is 4.58. The van der Waals surface area contributed by atoms with Gasteiger partial charge in [0.15, 0.2) is 9.84 Å². The van der Waals surface area contributed by atoms with E-state index in [-0.39, 0.29) is 35.7 Å². The van der Waals surface area contributed by atoms with E-state index < -0.39 is 21.7 Å². The summed E-state index contributed by atoms with van der Waals surface area (Å²) in [5.41, 5.74) is 0.351. The lowest BCUT2D eigenvalue weighted by Crippen LogP contribution is -2.47. The van der Waals surface area contributed by atoms with Gasteiger partial charge < -0.3 is 14.7 Å². The number of carboxylic acids is 1. The zero-order chi connectivity index (χ0) is 18.6. The average Bonchev–Trinajstić information content (AvgIpc) is 2.59. The van der Waals surface area contributed by atoms with E-state index in [4.69, 9.17) is 4.74 Å². The number of hydrogen-bond acceptors (Lipinski definition) is 5. The Bertz CT molecular complexity index is 728. The minimum atomic E-state index is -3.45. The van der Waals surface area contributed by atoms with Gasteiger partial charge in [0.2, 0.25) is 0 Å². The lowest BCUT2D eigenvalue weighted by molar-refractivity contribution is -0.143. The molecule has 0 aromatic heterocycles. The Hall–Kier alpha value is -1.93. The SMILES string of the molecule is COCCS(=O)(=O)c1ccc(C(=O)N2CC(C(=O)O)CCC2C)cc1. The number of likely N-dealkylation sites (tertiary alicyclic amines) is 1. The lowest BCUT2D eigenvalue weighted by Gasteiger charge is -2.36. The minimum absolute atomic E-state index is 0.0480. The molecule has 0 aliphatic carbocycles. The minimum Gasteiger partial charge on any atom is -0.481 e. The molecule has 138 valence electrons. The molecule has 1 saturated heterocycles. The topological polar surface area (TPSA) is 101 Å². The summed E-state index contributed by atoms with van der Waals surface area (Å²) in [4.78, 5) is 25.6. The van der Waals surface area contributed by atoms with Crippen LogP contribution in [0.25, 0.3) is 0 Å². The van der Waals surface area contributed by atoms with Gasteiger partial charge in [0.25, 0.3) is 5.91 Å². The number of sulfone groups is 1. The van der Waals surface area contributed by atoms with E-state index in [0.717, 1.165) is 0 Å². The number of carbonyl (C=O) groups is 2. The number of nitrogens with zero attached hydrogens (tertiary/aromatic N) is 1. The van der Waals surface area contributed by atoms with Crippen LogP contribution in [0.5, 0.6) is 0 Å². The van der Waals surface area contributed by atoms with Crippen LogP contribution in [0.3, 0.4) is 0 Å². The van der Waals surface area contributed by atoms with Crippen molar-refractivity contribution < 1.29 is 27.9 Å². The third-order valence-corrected chi connectivity index (χ3v) is 6.20. The number of amides is 1. The van der Waals surface area contributed by atoms with Gasteiger partial charge in [-0.25, -0.2) is 8.42 Å². The molecule has 2 unspecified atom stereocenters. The van der Waals surface area contributed by atoms with Crippen molar-refractivity contribution >= 4 is 21.7 Å². The first-order valence-corrected chi connectivity index (χ1v) is 9.77. The molecule has 8 heteroatoms. The summed E-state index contributed by atoms with van der Waals surface area (Å²) in [6, 6.07) is 5.70. The Morgan fingerprint density at radius 2 is 1.88 bits per heavy atom. The van der Waals surface area contributed by atoms with Crippen molar-refractivity contribution in [2.45, 2.75) is 30.7 Å². The Morgan fingerprint density at radius 3 is 2.44 bits per heavy atom. The first kappa shape index (κ1) is 19.4. The molecule has 0 spiro atoms. The maximum absolute atomic E-state index is 12.7. The number of carbonyl (C=O) groups excluding carboxylic acids is 1. The number of ether oxygens (including phenoxy) is 1. The van der Waals surface area contributed by atoms with Gasteiger partial charge in [-0.1, -0.05) is 0 Å². The van der Waals surface area contributed by atoms with Gasteiger partial charge in [0.1, 0.15) is 0 Å². The maximum Gasteiger partial charge on any atom is 0.308 e. The lowest BCUT2D eigenvalue weighted by atomic mass is 9.93. The van der Waals surface area contributed by atoms with Crippen molar-refractivity contribution in [3.63, 3.8) is 0 Å². The molecule has 7 nitrogen and oxygen atoms in total. The smallest absolute Gasteiger partial charge is 0.308 e. The molecule has 0 saturated carbocycles. The normalized spacial score (nSPS) is 21.1. The molecule has 1 heterocycles. The van der Waals surface area contributed by atoms with Crippen LogP contribution in [0.4, 0.5) is 0 Å². The summed E-state index contributed by atoms with van der Waals surface area (Å²) >= 11 is 0. The fourth-order valence-electron chi connectivity index (χ4n) is 2.87. The van der Waals surface area contributed by atoms with E-state index in [9.17, 15) is 23.1 Å². The molecule has 1 aliphatic heterocycles. The van der Waals surface area contributed by atoms with Gasteiger partial charge in [0, 0.05) is 25.3 Å². The van der Waals surface area contributed by atoms with E-state index in [1.54, 1.807) is 4.90 Å². The highest BCUT2D eigenvalue weighted by Gasteiger charge is 2.33. The molecular weight excluding hydrogens is 346 g/mol. The van der Waals surface area contributed by atoms with E-state index in [1.165, 1.54) is 31.4 Å². The number of rotatable bonds is 6. The molecule has 1 amide bonds. The van der Waals surface area contributed by atoms with E-state index >= 15 is 0 Å². The zero-order valence-electron chi connectivity index (χ0n) is 14.3. The summed E-state index contributed by atoms with van der Waals surface area (Å²) in [5.74, 6) is -1.86. The fourth-order valence-corrected chi connectivity index (χ4v) is 4.05. The second-order valence-electron chi connectivity index (χ2n) is 6.26. The molecule has 1 fully saturated rings. The van der Waals surface area contributed by atoms with Crippen molar-refractivity contribution in [3.05, 3.63) is 29.8 Å². The highest BCUT2D eigenvalue weighted by Crippen LogP contribution is 2.24. The van der Waals surface area contributed by atoms with Crippen LogP contribution in [0.2, 0.25) is 0 Å². The number of hydrogen-bond donors (Lipinski definition) is 1. The van der Waals surface area contributed by atoms with Crippen LogP contribution >= 0.6 is 0 Å². The molecule has 2 atom stereocenters. The van der Waals surface area contributed by atoms with E-state index in [1.807, 2.05) is 6.92 Å². The second-order valence-corrected chi connectivity index (χ2v) is 8.36. The molecule has 1 N–H and O–H groups in total. The second kappa shape index (κ2) is 7.97. The van der Waals surface area contributed by atoms with Crippen LogP contribution in [0.1, 0.15) is 30.1 Å². The molecule has 1 aromatic rings. The quantitative estimate of drug-likeness (QED) is 0.814. The zero-order valence-corrected chi connectivity index (χ0v) is 15.2. The Labute approximate surface area is 147 Å². The number of methoxy groups -OCH3 is 1. The largest absolute Gasteiger partial charge is 0.481 e. The standard InChI is InChI=1S/C17H23NO6S/c1-12-3-4-14(17(20)21)11-18(12)16(19)13-5-7-15(8-6-13)25(22,23)10-9-24-2/h5-8,12,14H,3-4,9-11H2,1-2H3,(H,20,21). The van der Waals surface area contributed by atoms with Crippen LogP contribution in [0, 0.1) is 5.92 Å². The van der Waals surface area contributed by atoms with Crippen molar-refractivity contribution in [1.29, 1.82) is 0 Å². The number of aliphatic carboxylic acids is 1. The first-order valence-electron chi connectivity index (χ1n) is 8.12. The highest BCUT2D eigenvalue weighted by molar-refractivity contribution is 7.91. The van der Waals surface area contributed by atoms with Gasteiger partial charge in [-0.2, -0.15) is 0 Å². The summed E-state index contributed by atoms with van der Waals surface area (Å²) in [6.45, 7) is 2.16. The van der Waals surface area contributed by atoms with Gasteiger partial charge in [0.05, 0.1) is 23.2 Å². The fraction of sp³-hybridized carbons (Fsp3) is 0.529. The van der Waals surface area contributed by atoms with Crippen LogP contribution in [-0.2, 0) is 19.4 Å². The van der Waals surface area contributed by atoms with Crippen molar-refractivity contribution in [2.75, 3.05) is 26.0 Å². The van der Waals surface area contributed by atoms with Gasteiger partial charge >= 0.3 is 5.97 Å². The number of benzene rings is 1.